The molecule has 0 saturated carbocycles. The maximum atomic E-state index is 11.5. The standard InChI is InChI=1S/C10H19O5P.Na.H/c1-3-4-5-8-16(13,14)10(12)7-6-9(11)15-2;;/h3-8H2,1-2H3,(H,13,14);;/q;+1;-1. The van der Waals surface area contributed by atoms with Crippen LogP contribution in [0.2, 0.25) is 0 Å². The summed E-state index contributed by atoms with van der Waals surface area (Å²) in [5, 5.41) is 0. The van der Waals surface area contributed by atoms with Gasteiger partial charge >= 0.3 is 35.5 Å². The predicted molar refractivity (Wildman–Crippen MR) is 61.6 cm³/mol. The number of carbonyl (C=O) groups excluding carboxylic acids is 2. The molecule has 17 heavy (non-hydrogen) atoms. The molecule has 96 valence electrons. The summed E-state index contributed by atoms with van der Waals surface area (Å²) in [5.74, 6) is -0.540. The molecule has 0 aliphatic carbocycles. The summed E-state index contributed by atoms with van der Waals surface area (Å²) >= 11 is 0. The van der Waals surface area contributed by atoms with Gasteiger partial charge in [0.2, 0.25) is 5.52 Å². The van der Waals surface area contributed by atoms with Crippen molar-refractivity contribution in [3.63, 3.8) is 0 Å². The molecule has 0 amide bonds. The van der Waals surface area contributed by atoms with Crippen molar-refractivity contribution in [1.29, 1.82) is 0 Å². The summed E-state index contributed by atoms with van der Waals surface area (Å²) < 4.78 is 15.9. The first-order valence-electron chi connectivity index (χ1n) is 5.36. The zero-order chi connectivity index (χ0) is 12.6. The summed E-state index contributed by atoms with van der Waals surface area (Å²) in [6.07, 6.45) is 1.99. The van der Waals surface area contributed by atoms with Crippen LogP contribution in [-0.2, 0) is 18.9 Å². The van der Waals surface area contributed by atoms with Crippen LogP contribution in [0.15, 0.2) is 0 Å². The molecule has 0 aromatic rings. The number of esters is 1. The first kappa shape index (κ1) is 19.7. The van der Waals surface area contributed by atoms with Crippen LogP contribution in [0.4, 0.5) is 0 Å². The smallest absolute Gasteiger partial charge is 1.00 e. The fourth-order valence-electron chi connectivity index (χ4n) is 1.19. The molecule has 7 heteroatoms. The van der Waals surface area contributed by atoms with Crippen molar-refractivity contribution >= 4 is 18.9 Å². The number of unbranched alkanes of at least 4 members (excludes halogenated alkanes) is 2. The SMILES string of the molecule is CCCCCP(=O)(O)C(=O)CCC(=O)OC.[H-].[Na+]. The van der Waals surface area contributed by atoms with Crippen molar-refractivity contribution < 1.29 is 54.8 Å². The number of carbonyl (C=O) groups is 2. The summed E-state index contributed by atoms with van der Waals surface area (Å²) in [4.78, 5) is 31.6. The number of methoxy groups -OCH3 is 1. The van der Waals surface area contributed by atoms with Crippen LogP contribution in [0, 0.1) is 0 Å². The van der Waals surface area contributed by atoms with Gasteiger partial charge in [0.1, 0.15) is 0 Å². The first-order chi connectivity index (χ1) is 7.44. The second-order valence-electron chi connectivity index (χ2n) is 3.60. The second kappa shape index (κ2) is 10.3. The molecular weight excluding hydrogens is 254 g/mol. The van der Waals surface area contributed by atoms with Crippen LogP contribution >= 0.6 is 7.37 Å². The molecular formula is C10H20NaO5P. The van der Waals surface area contributed by atoms with Crippen molar-refractivity contribution in [2.45, 2.75) is 39.0 Å². The van der Waals surface area contributed by atoms with Crippen LogP contribution in [0.5, 0.6) is 0 Å². The minimum atomic E-state index is -3.73. The van der Waals surface area contributed by atoms with E-state index in [-0.39, 0.29) is 50.0 Å². The normalized spacial score (nSPS) is 13.4. The van der Waals surface area contributed by atoms with Gasteiger partial charge in [-0.1, -0.05) is 19.8 Å². The van der Waals surface area contributed by atoms with Gasteiger partial charge in [0, 0.05) is 12.6 Å². The Morgan fingerprint density at radius 2 is 1.88 bits per heavy atom. The van der Waals surface area contributed by atoms with Gasteiger partial charge < -0.3 is 11.1 Å². The van der Waals surface area contributed by atoms with Gasteiger partial charge in [0.05, 0.1) is 13.5 Å². The van der Waals surface area contributed by atoms with E-state index in [1.807, 2.05) is 6.92 Å². The Morgan fingerprint density at radius 1 is 1.29 bits per heavy atom. The fourth-order valence-corrected chi connectivity index (χ4v) is 2.55. The van der Waals surface area contributed by atoms with Gasteiger partial charge in [-0.3, -0.25) is 14.2 Å². The Hall–Kier alpha value is 0.330. The average molecular weight is 274 g/mol. The fraction of sp³-hybridized carbons (Fsp3) is 0.800. The molecule has 0 saturated heterocycles. The molecule has 0 radical (unpaired) electrons. The van der Waals surface area contributed by atoms with E-state index in [4.69, 9.17) is 0 Å². The molecule has 5 nitrogen and oxygen atoms in total. The molecule has 0 aromatic carbocycles. The van der Waals surface area contributed by atoms with Crippen molar-refractivity contribution in [2.75, 3.05) is 13.3 Å². The van der Waals surface area contributed by atoms with Crippen LogP contribution in [-0.4, -0.2) is 29.7 Å². The summed E-state index contributed by atoms with van der Waals surface area (Å²) in [6.45, 7) is 1.97. The minimum Gasteiger partial charge on any atom is -1.00 e. The third kappa shape index (κ3) is 8.97. The van der Waals surface area contributed by atoms with E-state index in [2.05, 4.69) is 4.74 Å². The molecule has 0 rings (SSSR count). The van der Waals surface area contributed by atoms with Crippen LogP contribution in [0.25, 0.3) is 0 Å². The van der Waals surface area contributed by atoms with E-state index in [1.165, 1.54) is 7.11 Å². The topological polar surface area (TPSA) is 80.7 Å². The average Bonchev–Trinajstić information content (AvgIpc) is 2.25. The Morgan fingerprint density at radius 3 is 2.35 bits per heavy atom. The zero-order valence-electron chi connectivity index (χ0n) is 11.8. The van der Waals surface area contributed by atoms with Gasteiger partial charge in [-0.2, -0.15) is 0 Å². The van der Waals surface area contributed by atoms with Crippen LogP contribution in [0.3, 0.4) is 0 Å². The maximum Gasteiger partial charge on any atom is 1.00 e. The monoisotopic (exact) mass is 274 g/mol. The van der Waals surface area contributed by atoms with E-state index < -0.39 is 18.9 Å². The van der Waals surface area contributed by atoms with Gasteiger partial charge in [0.25, 0.3) is 7.37 Å². The van der Waals surface area contributed by atoms with Gasteiger partial charge in [-0.05, 0) is 6.42 Å². The van der Waals surface area contributed by atoms with Crippen molar-refractivity contribution in [1.82, 2.24) is 0 Å². The quantitative estimate of drug-likeness (QED) is 0.267. The van der Waals surface area contributed by atoms with Crippen LogP contribution in [0.1, 0.15) is 40.5 Å². The largest absolute Gasteiger partial charge is 1.00 e. The molecule has 0 aliphatic rings. The third-order valence-corrected chi connectivity index (χ3v) is 4.15. The molecule has 0 fully saturated rings. The predicted octanol–water partition coefficient (Wildman–Crippen LogP) is -0.957. The summed E-state index contributed by atoms with van der Waals surface area (Å²) in [6, 6.07) is 0. The van der Waals surface area contributed by atoms with Gasteiger partial charge in [0.15, 0.2) is 0 Å². The number of hydrogen-bond donors (Lipinski definition) is 1. The van der Waals surface area contributed by atoms with Gasteiger partial charge in [-0.25, -0.2) is 0 Å². The molecule has 1 N–H and O–H groups in total. The van der Waals surface area contributed by atoms with E-state index >= 15 is 0 Å². The van der Waals surface area contributed by atoms with E-state index in [9.17, 15) is 19.0 Å². The molecule has 1 unspecified atom stereocenters. The number of ether oxygens (including phenoxy) is 1. The maximum absolute atomic E-state index is 11.5. The summed E-state index contributed by atoms with van der Waals surface area (Å²) in [7, 11) is -2.51. The van der Waals surface area contributed by atoms with Crippen molar-refractivity contribution in [3.05, 3.63) is 0 Å². The van der Waals surface area contributed by atoms with Crippen molar-refractivity contribution in [2.24, 2.45) is 0 Å². The van der Waals surface area contributed by atoms with Crippen molar-refractivity contribution in [3.8, 4) is 0 Å². The molecule has 0 heterocycles. The van der Waals surface area contributed by atoms with Gasteiger partial charge in [-0.15, -0.1) is 0 Å². The Balaban J connectivity index is -0.00000112. The Labute approximate surface area is 126 Å². The molecule has 0 aromatic heterocycles. The molecule has 0 bridgehead atoms. The number of rotatable bonds is 8. The summed E-state index contributed by atoms with van der Waals surface area (Å²) in [5.41, 5.74) is -0.728. The van der Waals surface area contributed by atoms with E-state index in [1.54, 1.807) is 0 Å². The molecule has 0 aliphatic heterocycles. The van der Waals surface area contributed by atoms with E-state index in [0.717, 1.165) is 12.8 Å². The Kier molecular flexibility index (Phi) is 11.9. The third-order valence-electron chi connectivity index (χ3n) is 2.23. The Bertz CT molecular complexity index is 298. The number of hydrogen-bond acceptors (Lipinski definition) is 4. The van der Waals surface area contributed by atoms with E-state index in [0.29, 0.717) is 6.42 Å². The zero-order valence-corrected chi connectivity index (χ0v) is 13.7. The molecule has 1 atom stereocenters. The first-order valence-corrected chi connectivity index (χ1v) is 7.20. The minimum absolute atomic E-state index is 0. The second-order valence-corrected chi connectivity index (χ2v) is 5.95. The van der Waals surface area contributed by atoms with Crippen LogP contribution < -0.4 is 29.6 Å². The molecule has 0 spiro atoms.